The van der Waals surface area contributed by atoms with Crippen molar-refractivity contribution in [2.24, 2.45) is 5.16 Å². The van der Waals surface area contributed by atoms with Crippen LogP contribution in [-0.2, 0) is 14.7 Å². The number of hydrogen-bond donors (Lipinski definition) is 0. The molecule has 0 bridgehead atoms. The number of nitrogens with zero attached hydrogens (tertiary/aromatic N) is 2. The molecule has 0 spiro atoms. The minimum absolute atomic E-state index is 0.00436. The summed E-state index contributed by atoms with van der Waals surface area (Å²) in [7, 11) is -4.09. The van der Waals surface area contributed by atoms with Gasteiger partial charge in [-0.25, -0.2) is 17.8 Å². The molecule has 1 aromatic heterocycles. The van der Waals surface area contributed by atoms with Crippen molar-refractivity contribution < 1.29 is 30.8 Å². The monoisotopic (exact) mass is 312 g/mol. The van der Waals surface area contributed by atoms with E-state index in [1.165, 1.54) is 0 Å². The van der Waals surface area contributed by atoms with Crippen LogP contribution in [-0.4, -0.2) is 32.0 Å². The molecule has 0 N–H and O–H groups in total. The Bertz CT molecular complexity index is 606. The van der Waals surface area contributed by atoms with E-state index in [-0.39, 0.29) is 5.76 Å². The van der Waals surface area contributed by atoms with E-state index in [1.807, 2.05) is 0 Å². The maximum Gasteiger partial charge on any atom is 0.315 e. The van der Waals surface area contributed by atoms with Gasteiger partial charge in [-0.2, -0.15) is 8.78 Å². The van der Waals surface area contributed by atoms with Gasteiger partial charge >= 0.3 is 11.3 Å². The summed E-state index contributed by atoms with van der Waals surface area (Å²) in [5, 5.41) is 2.74. The minimum atomic E-state index is -4.09. The molecule has 10 heteroatoms. The lowest BCUT2D eigenvalue weighted by Gasteiger charge is -1.97. The van der Waals surface area contributed by atoms with E-state index in [1.54, 1.807) is 6.92 Å². The van der Waals surface area contributed by atoms with Crippen LogP contribution in [0.5, 0.6) is 0 Å². The SMILES string of the molecule is CCO/N=C/c1cnc(S(=O)(=O)CCC(F)=C(F)F)o1. The average molecular weight is 312 g/mol. The Morgan fingerprint density at radius 2 is 2.20 bits per heavy atom. The largest absolute Gasteiger partial charge is 0.427 e. The fourth-order valence-corrected chi connectivity index (χ4v) is 2.10. The van der Waals surface area contributed by atoms with Crippen molar-refractivity contribution in [3.8, 4) is 0 Å². The van der Waals surface area contributed by atoms with Crippen LogP contribution in [0.1, 0.15) is 19.1 Å². The van der Waals surface area contributed by atoms with E-state index in [4.69, 9.17) is 4.42 Å². The van der Waals surface area contributed by atoms with Gasteiger partial charge in [-0.15, -0.1) is 0 Å². The molecule has 0 fully saturated rings. The Kier molecular flexibility index (Phi) is 5.74. The summed E-state index contributed by atoms with van der Waals surface area (Å²) < 4.78 is 64.3. The van der Waals surface area contributed by atoms with E-state index >= 15 is 0 Å². The molecule has 1 heterocycles. The highest BCUT2D eigenvalue weighted by Crippen LogP contribution is 2.17. The molecule has 0 unspecified atom stereocenters. The first-order valence-corrected chi connectivity index (χ1v) is 7.05. The van der Waals surface area contributed by atoms with E-state index < -0.39 is 39.1 Å². The van der Waals surface area contributed by atoms with E-state index in [2.05, 4.69) is 15.0 Å². The van der Waals surface area contributed by atoms with Crippen LogP contribution in [0.4, 0.5) is 13.2 Å². The predicted molar refractivity (Wildman–Crippen MR) is 62.7 cm³/mol. The molecule has 0 aliphatic rings. The van der Waals surface area contributed by atoms with Crippen LogP contribution in [0, 0.1) is 0 Å². The number of rotatable bonds is 7. The van der Waals surface area contributed by atoms with Crippen LogP contribution >= 0.6 is 0 Å². The highest BCUT2D eigenvalue weighted by molar-refractivity contribution is 7.91. The van der Waals surface area contributed by atoms with Gasteiger partial charge in [0.1, 0.15) is 12.8 Å². The van der Waals surface area contributed by atoms with Crippen molar-refractivity contribution in [1.82, 2.24) is 4.98 Å². The second-order valence-electron chi connectivity index (χ2n) is 3.42. The first-order chi connectivity index (χ1) is 9.36. The summed E-state index contributed by atoms with van der Waals surface area (Å²) in [4.78, 5) is 8.09. The lowest BCUT2D eigenvalue weighted by atomic mass is 10.4. The van der Waals surface area contributed by atoms with Gasteiger partial charge in [0.25, 0.3) is 0 Å². The quantitative estimate of drug-likeness (QED) is 0.570. The fraction of sp³-hybridized carbons (Fsp3) is 0.400. The van der Waals surface area contributed by atoms with Gasteiger partial charge in [0.05, 0.1) is 11.9 Å². The molecule has 0 radical (unpaired) electrons. The molecular formula is C10H11F3N2O4S. The molecule has 1 aromatic rings. The molecule has 0 aromatic carbocycles. The highest BCUT2D eigenvalue weighted by atomic mass is 32.2. The lowest BCUT2D eigenvalue weighted by molar-refractivity contribution is 0.160. The maximum absolute atomic E-state index is 12.6. The summed E-state index contributed by atoms with van der Waals surface area (Å²) in [5.74, 6) is -2.65. The van der Waals surface area contributed by atoms with Gasteiger partial charge in [-0.1, -0.05) is 5.16 Å². The lowest BCUT2D eigenvalue weighted by Crippen LogP contribution is -2.07. The van der Waals surface area contributed by atoms with E-state index in [0.29, 0.717) is 6.61 Å². The number of oxime groups is 1. The van der Waals surface area contributed by atoms with Crippen LogP contribution in [0.25, 0.3) is 0 Å². The first kappa shape index (κ1) is 16.2. The third-order valence-corrected chi connectivity index (χ3v) is 3.41. The van der Waals surface area contributed by atoms with Crippen molar-refractivity contribution in [3.05, 3.63) is 23.9 Å². The maximum atomic E-state index is 12.6. The number of sulfone groups is 1. The van der Waals surface area contributed by atoms with Crippen molar-refractivity contribution in [1.29, 1.82) is 0 Å². The van der Waals surface area contributed by atoms with Crippen LogP contribution in [0.3, 0.4) is 0 Å². The van der Waals surface area contributed by atoms with Gasteiger partial charge in [0.2, 0.25) is 9.84 Å². The summed E-state index contributed by atoms with van der Waals surface area (Å²) in [6.45, 7) is 2.01. The van der Waals surface area contributed by atoms with Crippen LogP contribution in [0.15, 0.2) is 32.9 Å². The Hall–Kier alpha value is -1.84. The van der Waals surface area contributed by atoms with Gasteiger partial charge in [0.15, 0.2) is 11.6 Å². The summed E-state index contributed by atoms with van der Waals surface area (Å²) in [5.41, 5.74) is 0. The second kappa shape index (κ2) is 7.08. The van der Waals surface area contributed by atoms with Gasteiger partial charge in [0, 0.05) is 6.42 Å². The third kappa shape index (κ3) is 4.68. The molecule has 0 saturated carbocycles. The van der Waals surface area contributed by atoms with Crippen LogP contribution < -0.4 is 0 Å². The zero-order valence-corrected chi connectivity index (χ0v) is 11.2. The zero-order chi connectivity index (χ0) is 15.2. The summed E-state index contributed by atoms with van der Waals surface area (Å²) in [6, 6.07) is 0. The topological polar surface area (TPSA) is 81.8 Å². The Labute approximate surface area is 112 Å². The van der Waals surface area contributed by atoms with Crippen molar-refractivity contribution in [2.75, 3.05) is 12.4 Å². The summed E-state index contributed by atoms with van der Waals surface area (Å²) >= 11 is 0. The van der Waals surface area contributed by atoms with Crippen molar-refractivity contribution in [3.63, 3.8) is 0 Å². The molecule has 20 heavy (non-hydrogen) atoms. The number of allylic oxidation sites excluding steroid dienone is 1. The molecule has 0 atom stereocenters. The summed E-state index contributed by atoms with van der Waals surface area (Å²) in [6.07, 6.45) is -1.33. The molecular weight excluding hydrogens is 301 g/mol. The van der Waals surface area contributed by atoms with E-state index in [9.17, 15) is 21.6 Å². The van der Waals surface area contributed by atoms with Gasteiger partial charge < -0.3 is 9.25 Å². The normalized spacial score (nSPS) is 11.8. The molecule has 0 amide bonds. The Balaban J connectivity index is 2.76. The standard InChI is InChI=1S/C10H11F3N2O4S/c1-2-18-15-6-7-5-14-10(19-7)20(16,17)4-3-8(11)9(12)13/h5-6H,2-4H2,1H3/b15-6+. The predicted octanol–water partition coefficient (Wildman–Crippen LogP) is 2.29. The number of halogens is 3. The molecule has 112 valence electrons. The minimum Gasteiger partial charge on any atom is -0.427 e. The Morgan fingerprint density at radius 3 is 2.80 bits per heavy atom. The molecule has 0 aliphatic carbocycles. The molecule has 1 rings (SSSR count). The number of hydrogen-bond acceptors (Lipinski definition) is 6. The number of oxazole rings is 1. The molecule has 0 saturated heterocycles. The van der Waals surface area contributed by atoms with E-state index in [0.717, 1.165) is 12.4 Å². The fourth-order valence-electron chi connectivity index (χ4n) is 1.04. The third-order valence-electron chi connectivity index (χ3n) is 1.95. The zero-order valence-electron chi connectivity index (χ0n) is 10.3. The van der Waals surface area contributed by atoms with Gasteiger partial charge in [-0.3, -0.25) is 0 Å². The smallest absolute Gasteiger partial charge is 0.315 e. The second-order valence-corrected chi connectivity index (χ2v) is 5.40. The first-order valence-electron chi connectivity index (χ1n) is 5.40. The van der Waals surface area contributed by atoms with Crippen molar-refractivity contribution >= 4 is 16.1 Å². The number of aromatic nitrogens is 1. The van der Waals surface area contributed by atoms with Crippen molar-refractivity contribution in [2.45, 2.75) is 18.6 Å². The Morgan fingerprint density at radius 1 is 1.50 bits per heavy atom. The van der Waals surface area contributed by atoms with Gasteiger partial charge in [-0.05, 0) is 6.92 Å². The molecule has 6 nitrogen and oxygen atoms in total. The molecule has 0 aliphatic heterocycles. The average Bonchev–Trinajstić information content (AvgIpc) is 2.86. The highest BCUT2D eigenvalue weighted by Gasteiger charge is 2.22. The van der Waals surface area contributed by atoms with Crippen LogP contribution in [0.2, 0.25) is 0 Å².